The molecule has 0 aliphatic heterocycles. The van der Waals surface area contributed by atoms with Gasteiger partial charge in [0.05, 0.1) is 5.92 Å². The maximum Gasteiger partial charge on any atom is 0.306 e. The zero-order valence-corrected chi connectivity index (χ0v) is 10.3. The van der Waals surface area contributed by atoms with Gasteiger partial charge < -0.3 is 16.2 Å². The van der Waals surface area contributed by atoms with Crippen molar-refractivity contribution in [3.63, 3.8) is 0 Å². The first-order valence-electron chi connectivity index (χ1n) is 6.29. The Morgan fingerprint density at radius 3 is 2.65 bits per heavy atom. The van der Waals surface area contributed by atoms with Gasteiger partial charge in [0.2, 0.25) is 5.91 Å². The zero-order chi connectivity index (χ0) is 12.8. The van der Waals surface area contributed by atoms with Crippen molar-refractivity contribution >= 4 is 11.9 Å². The number of carboxylic acid groups (broad SMARTS) is 1. The number of aliphatic carboxylic acids is 1. The van der Waals surface area contributed by atoms with E-state index in [2.05, 4.69) is 5.32 Å². The zero-order valence-electron chi connectivity index (χ0n) is 10.3. The number of carboxylic acids is 1. The molecule has 1 fully saturated rings. The summed E-state index contributed by atoms with van der Waals surface area (Å²) in [6, 6.07) is 0.0267. The molecule has 98 valence electrons. The van der Waals surface area contributed by atoms with Gasteiger partial charge in [0.25, 0.3) is 0 Å². The van der Waals surface area contributed by atoms with E-state index in [1.807, 2.05) is 6.92 Å². The van der Waals surface area contributed by atoms with Crippen molar-refractivity contribution in [3.05, 3.63) is 0 Å². The molecule has 1 amide bonds. The van der Waals surface area contributed by atoms with Gasteiger partial charge in [0.15, 0.2) is 0 Å². The Balaban J connectivity index is 2.30. The molecule has 3 unspecified atom stereocenters. The van der Waals surface area contributed by atoms with Gasteiger partial charge in [-0.15, -0.1) is 0 Å². The van der Waals surface area contributed by atoms with Gasteiger partial charge in [-0.05, 0) is 31.7 Å². The third-order valence-corrected chi connectivity index (χ3v) is 3.53. The molecule has 0 aromatic heterocycles. The van der Waals surface area contributed by atoms with Crippen molar-refractivity contribution in [1.82, 2.24) is 5.32 Å². The lowest BCUT2D eigenvalue weighted by Gasteiger charge is -2.16. The normalized spacial score (nSPS) is 25.5. The molecule has 1 aliphatic carbocycles. The predicted molar refractivity (Wildman–Crippen MR) is 64.4 cm³/mol. The quantitative estimate of drug-likeness (QED) is 0.640. The van der Waals surface area contributed by atoms with Gasteiger partial charge in [0.1, 0.15) is 0 Å². The lowest BCUT2D eigenvalue weighted by Crippen LogP contribution is -2.35. The average molecular weight is 242 g/mol. The standard InChI is InChI=1S/C12H22N2O3/c1-2-8(7-13)5-11(15)14-10-4-3-9(6-10)12(16)17/h8-10H,2-7,13H2,1H3,(H,14,15)(H,16,17). The highest BCUT2D eigenvalue weighted by Gasteiger charge is 2.30. The van der Waals surface area contributed by atoms with Crippen molar-refractivity contribution < 1.29 is 14.7 Å². The molecule has 5 heteroatoms. The van der Waals surface area contributed by atoms with Crippen LogP contribution in [0.5, 0.6) is 0 Å². The number of carbonyl (C=O) groups is 2. The summed E-state index contributed by atoms with van der Waals surface area (Å²) < 4.78 is 0. The topological polar surface area (TPSA) is 92.4 Å². The maximum absolute atomic E-state index is 11.7. The summed E-state index contributed by atoms with van der Waals surface area (Å²) in [5, 5.41) is 11.8. The van der Waals surface area contributed by atoms with E-state index in [9.17, 15) is 9.59 Å². The van der Waals surface area contributed by atoms with Gasteiger partial charge in [-0.25, -0.2) is 0 Å². The molecule has 0 aromatic carbocycles. The van der Waals surface area contributed by atoms with Crippen LogP contribution < -0.4 is 11.1 Å². The van der Waals surface area contributed by atoms with E-state index in [0.717, 1.165) is 12.8 Å². The molecule has 0 aromatic rings. The molecule has 0 heterocycles. The number of hydrogen-bond acceptors (Lipinski definition) is 3. The van der Waals surface area contributed by atoms with E-state index < -0.39 is 5.97 Å². The summed E-state index contributed by atoms with van der Waals surface area (Å²) in [4.78, 5) is 22.5. The molecule has 5 nitrogen and oxygen atoms in total. The number of hydrogen-bond donors (Lipinski definition) is 3. The molecular weight excluding hydrogens is 220 g/mol. The van der Waals surface area contributed by atoms with E-state index in [1.54, 1.807) is 0 Å². The van der Waals surface area contributed by atoms with Crippen LogP contribution in [-0.4, -0.2) is 29.6 Å². The lowest BCUT2D eigenvalue weighted by atomic mass is 10.0. The monoisotopic (exact) mass is 242 g/mol. The van der Waals surface area contributed by atoms with Gasteiger partial charge in [-0.1, -0.05) is 13.3 Å². The molecule has 17 heavy (non-hydrogen) atoms. The summed E-state index contributed by atoms with van der Waals surface area (Å²) in [6.45, 7) is 2.53. The fourth-order valence-electron chi connectivity index (χ4n) is 2.28. The summed E-state index contributed by atoms with van der Waals surface area (Å²) in [6.07, 6.45) is 3.32. The van der Waals surface area contributed by atoms with Gasteiger partial charge >= 0.3 is 5.97 Å². The van der Waals surface area contributed by atoms with Crippen molar-refractivity contribution in [1.29, 1.82) is 0 Å². The minimum absolute atomic E-state index is 0.00154. The van der Waals surface area contributed by atoms with Crippen LogP contribution >= 0.6 is 0 Å². The molecule has 0 saturated heterocycles. The molecule has 1 saturated carbocycles. The molecule has 0 bridgehead atoms. The smallest absolute Gasteiger partial charge is 0.306 e. The third-order valence-electron chi connectivity index (χ3n) is 3.53. The number of nitrogens with two attached hydrogens (primary N) is 1. The van der Waals surface area contributed by atoms with Crippen molar-refractivity contribution in [3.8, 4) is 0 Å². The molecule has 3 atom stereocenters. The molecule has 0 radical (unpaired) electrons. The van der Waals surface area contributed by atoms with Crippen molar-refractivity contribution in [2.24, 2.45) is 17.6 Å². The second kappa shape index (κ2) is 6.59. The van der Waals surface area contributed by atoms with Crippen LogP contribution in [0.4, 0.5) is 0 Å². The molecule has 4 N–H and O–H groups in total. The van der Waals surface area contributed by atoms with Gasteiger partial charge in [-0.2, -0.15) is 0 Å². The van der Waals surface area contributed by atoms with Crippen molar-refractivity contribution in [2.45, 2.75) is 45.1 Å². The second-order valence-corrected chi connectivity index (χ2v) is 4.83. The third kappa shape index (κ3) is 4.34. The van der Waals surface area contributed by atoms with Crippen LogP contribution in [0.2, 0.25) is 0 Å². The minimum Gasteiger partial charge on any atom is -0.481 e. The highest BCUT2D eigenvalue weighted by molar-refractivity contribution is 5.77. The van der Waals surface area contributed by atoms with Crippen LogP contribution in [0.15, 0.2) is 0 Å². The van der Waals surface area contributed by atoms with Crippen LogP contribution in [-0.2, 0) is 9.59 Å². The van der Waals surface area contributed by atoms with E-state index in [4.69, 9.17) is 10.8 Å². The summed E-state index contributed by atoms with van der Waals surface area (Å²) in [5.74, 6) is -0.822. The SMILES string of the molecule is CCC(CN)CC(=O)NC1CCC(C(=O)O)C1. The molecule has 0 spiro atoms. The Hall–Kier alpha value is -1.10. The Labute approximate surface area is 102 Å². The average Bonchev–Trinajstić information content (AvgIpc) is 2.74. The maximum atomic E-state index is 11.7. The molecule has 1 rings (SSSR count). The second-order valence-electron chi connectivity index (χ2n) is 4.83. The predicted octanol–water partition coefficient (Wildman–Crippen LogP) is 0.731. The first-order chi connectivity index (χ1) is 8.06. The van der Waals surface area contributed by atoms with Crippen LogP contribution in [0.3, 0.4) is 0 Å². The first-order valence-corrected chi connectivity index (χ1v) is 6.29. The summed E-state index contributed by atoms with van der Waals surface area (Å²) >= 11 is 0. The van der Waals surface area contributed by atoms with Crippen LogP contribution in [0.1, 0.15) is 39.0 Å². The Bertz CT molecular complexity index is 277. The van der Waals surface area contributed by atoms with E-state index >= 15 is 0 Å². The van der Waals surface area contributed by atoms with Crippen molar-refractivity contribution in [2.75, 3.05) is 6.54 Å². The van der Waals surface area contributed by atoms with Gasteiger partial charge in [-0.3, -0.25) is 9.59 Å². The number of carbonyl (C=O) groups excluding carboxylic acids is 1. The number of rotatable bonds is 6. The number of nitrogens with one attached hydrogen (secondary N) is 1. The molecular formula is C12H22N2O3. The van der Waals surface area contributed by atoms with Crippen LogP contribution in [0, 0.1) is 11.8 Å². The van der Waals surface area contributed by atoms with Crippen LogP contribution in [0.25, 0.3) is 0 Å². The summed E-state index contributed by atoms with van der Waals surface area (Å²) in [7, 11) is 0. The Morgan fingerprint density at radius 2 is 2.18 bits per heavy atom. The minimum atomic E-state index is -0.754. The first kappa shape index (κ1) is 14.0. The number of amides is 1. The van der Waals surface area contributed by atoms with E-state index in [1.165, 1.54) is 0 Å². The van der Waals surface area contributed by atoms with Gasteiger partial charge in [0, 0.05) is 12.5 Å². The fraction of sp³-hybridized carbons (Fsp3) is 0.833. The highest BCUT2D eigenvalue weighted by atomic mass is 16.4. The van der Waals surface area contributed by atoms with E-state index in [-0.39, 0.29) is 23.8 Å². The Morgan fingerprint density at radius 1 is 1.47 bits per heavy atom. The Kier molecular flexibility index (Phi) is 5.41. The highest BCUT2D eigenvalue weighted by Crippen LogP contribution is 2.25. The molecule has 1 aliphatic rings. The lowest BCUT2D eigenvalue weighted by molar-refractivity contribution is -0.141. The van der Waals surface area contributed by atoms with E-state index in [0.29, 0.717) is 25.8 Å². The fourth-order valence-corrected chi connectivity index (χ4v) is 2.28. The summed E-state index contributed by atoms with van der Waals surface area (Å²) in [5.41, 5.74) is 5.54. The largest absolute Gasteiger partial charge is 0.481 e.